The van der Waals surface area contributed by atoms with Crippen LogP contribution < -0.4 is 0 Å². The van der Waals surface area contributed by atoms with E-state index in [0.29, 0.717) is 30.3 Å². The molecule has 3 nitrogen and oxygen atoms in total. The molecule has 0 aliphatic heterocycles. The maximum atomic E-state index is 13.0. The van der Waals surface area contributed by atoms with E-state index in [1.54, 1.807) is 0 Å². The number of aliphatic hydroxyl groups is 1. The predicted octanol–water partition coefficient (Wildman–Crippen LogP) is 3.29. The van der Waals surface area contributed by atoms with Crippen LogP contribution >= 0.6 is 15.9 Å². The number of aliphatic hydroxyl groups excluding tert-OH is 1. The summed E-state index contributed by atoms with van der Waals surface area (Å²) in [5.41, 5.74) is -0.335. The van der Waals surface area contributed by atoms with Gasteiger partial charge in [0.15, 0.2) is 5.78 Å². The van der Waals surface area contributed by atoms with Crippen molar-refractivity contribution < 1.29 is 14.7 Å². The lowest BCUT2D eigenvalue weighted by molar-refractivity contribution is -0.150. The van der Waals surface area contributed by atoms with Gasteiger partial charge in [-0.1, -0.05) is 41.9 Å². The van der Waals surface area contributed by atoms with Crippen LogP contribution in [0.3, 0.4) is 0 Å². The summed E-state index contributed by atoms with van der Waals surface area (Å²) in [7, 11) is 0. The van der Waals surface area contributed by atoms with Gasteiger partial charge < -0.3 is 5.11 Å². The molecule has 1 N–H and O–H groups in total. The quantitative estimate of drug-likeness (QED) is 0.518. The van der Waals surface area contributed by atoms with Crippen LogP contribution in [-0.4, -0.2) is 27.6 Å². The third-order valence-electron chi connectivity index (χ3n) is 7.67. The highest BCUT2D eigenvalue weighted by atomic mass is 79.9. The summed E-state index contributed by atoms with van der Waals surface area (Å²) in [5.74, 6) is 1.41. The highest BCUT2D eigenvalue weighted by molar-refractivity contribution is 9.10. The van der Waals surface area contributed by atoms with E-state index in [4.69, 9.17) is 0 Å². The monoisotopic (exact) mass is 380 g/mol. The molecule has 23 heavy (non-hydrogen) atoms. The Morgan fingerprint density at radius 2 is 1.96 bits per heavy atom. The predicted molar refractivity (Wildman–Crippen MR) is 91.1 cm³/mol. The lowest BCUT2D eigenvalue weighted by Crippen LogP contribution is -2.56. The first-order valence-corrected chi connectivity index (χ1v) is 9.77. The number of carbonyl (C=O) groups excluding carboxylic acids is 2. The van der Waals surface area contributed by atoms with E-state index in [0.717, 1.165) is 19.3 Å². The zero-order chi connectivity index (χ0) is 16.6. The number of alkyl halides is 1. The van der Waals surface area contributed by atoms with Gasteiger partial charge in [-0.2, -0.15) is 0 Å². The van der Waals surface area contributed by atoms with Gasteiger partial charge >= 0.3 is 0 Å². The average Bonchev–Trinajstić information content (AvgIpc) is 2.73. The molecule has 1 unspecified atom stereocenters. The Morgan fingerprint density at radius 3 is 2.70 bits per heavy atom. The number of carbonyl (C=O) groups is 2. The molecule has 126 valence electrons. The third kappa shape index (κ3) is 2.03. The van der Waals surface area contributed by atoms with Crippen LogP contribution in [0.15, 0.2) is 12.2 Å². The average molecular weight is 381 g/mol. The maximum absolute atomic E-state index is 13.0. The molecule has 4 rings (SSSR count). The molecule has 3 fully saturated rings. The number of Topliss-reactive ketones (excluding diaryl/α,β-unsaturated/α-hetero) is 2. The minimum atomic E-state index is -0.411. The van der Waals surface area contributed by atoms with Gasteiger partial charge in [0.2, 0.25) is 0 Å². The van der Waals surface area contributed by atoms with Crippen molar-refractivity contribution in [1.29, 1.82) is 0 Å². The molecule has 0 aromatic carbocycles. The summed E-state index contributed by atoms with van der Waals surface area (Å²) in [6.45, 7) is 4.36. The van der Waals surface area contributed by atoms with E-state index < -0.39 is 6.10 Å². The van der Waals surface area contributed by atoms with Gasteiger partial charge in [-0.3, -0.25) is 9.59 Å². The first-order chi connectivity index (χ1) is 10.8. The first-order valence-electron chi connectivity index (χ1n) is 8.86. The number of ketones is 2. The second-order valence-corrected chi connectivity index (χ2v) is 9.76. The SMILES string of the molecule is C[C@]12C=C[C@H](O)CC1CC(=O)[C@@H]1[C@@H]2CC[C@]2(C)C(=O)[C@H](Br)C[C@@H]12. The lowest BCUT2D eigenvalue weighted by atomic mass is 9.46. The summed E-state index contributed by atoms with van der Waals surface area (Å²) < 4.78 is 0. The van der Waals surface area contributed by atoms with Gasteiger partial charge in [0.05, 0.1) is 10.9 Å². The van der Waals surface area contributed by atoms with Crippen LogP contribution in [0.1, 0.15) is 46.0 Å². The van der Waals surface area contributed by atoms with Crippen molar-refractivity contribution >= 4 is 27.5 Å². The Bertz CT molecular complexity index is 599. The van der Waals surface area contributed by atoms with Crippen molar-refractivity contribution in [3.8, 4) is 0 Å². The summed E-state index contributed by atoms with van der Waals surface area (Å²) in [5, 5.41) is 9.96. The number of hydrogen-bond acceptors (Lipinski definition) is 3. The van der Waals surface area contributed by atoms with Crippen LogP contribution in [0.25, 0.3) is 0 Å². The zero-order valence-corrected chi connectivity index (χ0v) is 15.4. The topological polar surface area (TPSA) is 54.4 Å². The number of allylic oxidation sites excluding steroid dienone is 1. The molecule has 4 aliphatic rings. The van der Waals surface area contributed by atoms with E-state index in [-0.39, 0.29) is 33.4 Å². The van der Waals surface area contributed by atoms with E-state index in [9.17, 15) is 14.7 Å². The molecule has 0 saturated heterocycles. The second-order valence-electron chi connectivity index (χ2n) is 8.66. The van der Waals surface area contributed by atoms with Crippen LogP contribution in [0.5, 0.6) is 0 Å². The van der Waals surface area contributed by atoms with E-state index in [1.165, 1.54) is 0 Å². The number of hydrogen-bond donors (Lipinski definition) is 1. The van der Waals surface area contributed by atoms with Crippen molar-refractivity contribution in [2.24, 2.45) is 34.5 Å². The lowest BCUT2D eigenvalue weighted by Gasteiger charge is -2.57. The Balaban J connectivity index is 1.75. The van der Waals surface area contributed by atoms with Crippen LogP contribution in [0.4, 0.5) is 0 Å². The van der Waals surface area contributed by atoms with Crippen molar-refractivity contribution in [1.82, 2.24) is 0 Å². The van der Waals surface area contributed by atoms with Crippen LogP contribution in [-0.2, 0) is 9.59 Å². The summed E-state index contributed by atoms with van der Waals surface area (Å²) >= 11 is 3.55. The molecule has 0 amide bonds. The summed E-state index contributed by atoms with van der Waals surface area (Å²) in [6.07, 6.45) is 7.59. The van der Waals surface area contributed by atoms with Gasteiger partial charge in [0, 0.05) is 17.8 Å². The van der Waals surface area contributed by atoms with Crippen molar-refractivity contribution in [3.05, 3.63) is 12.2 Å². The van der Waals surface area contributed by atoms with Crippen molar-refractivity contribution in [3.63, 3.8) is 0 Å². The van der Waals surface area contributed by atoms with Gasteiger partial charge in [0.1, 0.15) is 5.78 Å². The van der Waals surface area contributed by atoms with E-state index in [2.05, 4.69) is 35.9 Å². The molecule has 0 radical (unpaired) electrons. The highest BCUT2D eigenvalue weighted by Gasteiger charge is 2.63. The van der Waals surface area contributed by atoms with E-state index >= 15 is 0 Å². The molecular formula is C19H25BrO3. The fraction of sp³-hybridized carbons (Fsp3) is 0.789. The second kappa shape index (κ2) is 5.01. The molecule has 0 aromatic heterocycles. The number of halogens is 1. The maximum Gasteiger partial charge on any atom is 0.152 e. The Kier molecular flexibility index (Phi) is 3.49. The van der Waals surface area contributed by atoms with Gasteiger partial charge in [-0.25, -0.2) is 0 Å². The van der Waals surface area contributed by atoms with Crippen molar-refractivity contribution in [2.75, 3.05) is 0 Å². The van der Waals surface area contributed by atoms with Crippen LogP contribution in [0.2, 0.25) is 0 Å². The van der Waals surface area contributed by atoms with Crippen molar-refractivity contribution in [2.45, 2.75) is 56.9 Å². The molecule has 0 spiro atoms. The third-order valence-corrected chi connectivity index (χ3v) is 8.46. The van der Waals surface area contributed by atoms with Gasteiger partial charge in [0.25, 0.3) is 0 Å². The fourth-order valence-corrected chi connectivity index (χ4v) is 7.16. The molecule has 4 heteroatoms. The number of rotatable bonds is 0. The van der Waals surface area contributed by atoms with E-state index in [1.807, 2.05) is 6.08 Å². The molecule has 8 atom stereocenters. The molecule has 0 bridgehead atoms. The summed E-state index contributed by atoms with van der Waals surface area (Å²) in [6, 6.07) is 0. The zero-order valence-electron chi connectivity index (χ0n) is 13.8. The molecular weight excluding hydrogens is 356 g/mol. The molecule has 0 aromatic rings. The Hall–Kier alpha value is -0.480. The molecule has 4 aliphatic carbocycles. The minimum Gasteiger partial charge on any atom is -0.389 e. The first kappa shape index (κ1) is 16.0. The molecule has 0 heterocycles. The Labute approximate surface area is 146 Å². The summed E-state index contributed by atoms with van der Waals surface area (Å²) in [4.78, 5) is 25.6. The normalized spacial score (nSPS) is 55.3. The standard InChI is InChI=1S/C19H25BrO3/c1-18-5-3-11(21)7-10(18)8-15(22)16-12(18)4-6-19(2)13(16)9-14(20)17(19)23/h3,5,10-14,16,21H,4,6-9H2,1-2H3/t10?,11-,12-,13-,14+,16+,18-,19-/m0/s1. The van der Waals surface area contributed by atoms with Gasteiger partial charge in [-0.05, 0) is 48.9 Å². The van der Waals surface area contributed by atoms with Gasteiger partial charge in [-0.15, -0.1) is 0 Å². The largest absolute Gasteiger partial charge is 0.389 e. The minimum absolute atomic E-state index is 0.00736. The highest BCUT2D eigenvalue weighted by Crippen LogP contribution is 2.64. The number of fused-ring (bicyclic) bond motifs is 5. The fourth-order valence-electron chi connectivity index (χ4n) is 6.23. The smallest absolute Gasteiger partial charge is 0.152 e. The van der Waals surface area contributed by atoms with Crippen LogP contribution in [0, 0.1) is 34.5 Å². The Morgan fingerprint density at radius 1 is 1.22 bits per heavy atom. The molecule has 3 saturated carbocycles.